The molecule has 1 aliphatic rings. The fourth-order valence-corrected chi connectivity index (χ4v) is 4.13. The number of aromatic nitrogens is 1. The third-order valence-electron chi connectivity index (χ3n) is 4.64. The van der Waals surface area contributed by atoms with Crippen LogP contribution in [0.4, 0.5) is 0 Å². The molecule has 3 nitrogen and oxygen atoms in total. The summed E-state index contributed by atoms with van der Waals surface area (Å²) in [5, 5.41) is 10.3. The largest absolute Gasteiger partial charge is 0.360 e. The van der Waals surface area contributed by atoms with Gasteiger partial charge in [-0.3, -0.25) is 4.90 Å². The lowest BCUT2D eigenvalue weighted by atomic mass is 10.0. The number of hydrogen-bond acceptors (Lipinski definition) is 2. The summed E-state index contributed by atoms with van der Waals surface area (Å²) < 4.78 is 1.11. The topological polar surface area (TPSA) is 42.8 Å². The number of aryl methyl sites for hydroxylation is 1. The zero-order valence-electron chi connectivity index (χ0n) is 12.9. The van der Waals surface area contributed by atoms with Crippen molar-refractivity contribution in [1.82, 2.24) is 9.88 Å². The highest BCUT2D eigenvalue weighted by molar-refractivity contribution is 9.10. The minimum absolute atomic E-state index is 0.749. The summed E-state index contributed by atoms with van der Waals surface area (Å²) >= 11 is 3.64. The fraction of sp³-hybridized carbons (Fsp3) is 0.211. The van der Waals surface area contributed by atoms with Crippen molar-refractivity contribution in [2.45, 2.75) is 26.6 Å². The van der Waals surface area contributed by atoms with Crippen LogP contribution in [-0.2, 0) is 19.6 Å². The molecule has 0 spiro atoms. The van der Waals surface area contributed by atoms with E-state index in [1.54, 1.807) is 0 Å². The standard InChI is InChI=1S/C19H16BrN3/c1-12-6-18(20)19-16(4-5-22-19)17(12)11-23-9-14-3-2-13(8-21)7-15(14)10-23/h2-7,22H,9-11H2,1H3. The average molecular weight is 366 g/mol. The number of rotatable bonds is 2. The van der Waals surface area contributed by atoms with Gasteiger partial charge >= 0.3 is 0 Å². The lowest BCUT2D eigenvalue weighted by molar-refractivity contribution is 0.276. The van der Waals surface area contributed by atoms with Crippen molar-refractivity contribution in [2.75, 3.05) is 0 Å². The quantitative estimate of drug-likeness (QED) is 0.719. The van der Waals surface area contributed by atoms with Gasteiger partial charge in [0.25, 0.3) is 0 Å². The summed E-state index contributed by atoms with van der Waals surface area (Å²) in [5.41, 5.74) is 7.20. The third-order valence-corrected chi connectivity index (χ3v) is 5.26. The Morgan fingerprint density at radius 2 is 2.04 bits per heavy atom. The Labute approximate surface area is 143 Å². The van der Waals surface area contributed by atoms with Gasteiger partial charge in [-0.15, -0.1) is 0 Å². The summed E-state index contributed by atoms with van der Waals surface area (Å²) in [7, 11) is 0. The smallest absolute Gasteiger partial charge is 0.0991 e. The molecule has 1 N–H and O–H groups in total. The molecule has 0 saturated carbocycles. The number of H-pyrrole nitrogens is 1. The van der Waals surface area contributed by atoms with Crippen molar-refractivity contribution < 1.29 is 0 Å². The molecule has 0 bridgehead atoms. The molecule has 0 amide bonds. The van der Waals surface area contributed by atoms with E-state index in [4.69, 9.17) is 5.26 Å². The SMILES string of the molecule is Cc1cc(Br)c2[nH]ccc2c1CN1Cc2ccc(C#N)cc2C1. The van der Waals surface area contributed by atoms with Gasteiger partial charge < -0.3 is 4.98 Å². The Morgan fingerprint density at radius 1 is 1.22 bits per heavy atom. The van der Waals surface area contributed by atoms with Gasteiger partial charge in [0, 0.05) is 35.7 Å². The molecule has 114 valence electrons. The van der Waals surface area contributed by atoms with Gasteiger partial charge in [0.15, 0.2) is 0 Å². The lowest BCUT2D eigenvalue weighted by Crippen LogP contribution is -2.16. The average Bonchev–Trinajstić information content (AvgIpc) is 3.17. The molecule has 1 aliphatic heterocycles. The highest BCUT2D eigenvalue weighted by Gasteiger charge is 2.21. The molecule has 0 fully saturated rings. The molecule has 2 aromatic carbocycles. The number of halogens is 1. The number of nitriles is 1. The fourth-order valence-electron chi connectivity index (χ4n) is 3.46. The minimum Gasteiger partial charge on any atom is -0.360 e. The summed E-state index contributed by atoms with van der Waals surface area (Å²) in [4.78, 5) is 5.75. The van der Waals surface area contributed by atoms with E-state index < -0.39 is 0 Å². The molecule has 1 aromatic heterocycles. The van der Waals surface area contributed by atoms with Crippen LogP contribution in [0.25, 0.3) is 10.9 Å². The minimum atomic E-state index is 0.749. The second-order valence-electron chi connectivity index (χ2n) is 6.16. The highest BCUT2D eigenvalue weighted by atomic mass is 79.9. The Bertz CT molecular complexity index is 949. The molecule has 23 heavy (non-hydrogen) atoms. The number of fused-ring (bicyclic) bond motifs is 2. The third kappa shape index (κ3) is 2.46. The van der Waals surface area contributed by atoms with Gasteiger partial charge in [-0.2, -0.15) is 5.26 Å². The van der Waals surface area contributed by atoms with E-state index >= 15 is 0 Å². The second-order valence-corrected chi connectivity index (χ2v) is 7.01. The monoisotopic (exact) mass is 365 g/mol. The van der Waals surface area contributed by atoms with E-state index in [0.717, 1.165) is 35.2 Å². The number of nitrogens with one attached hydrogen (secondary N) is 1. The molecule has 0 saturated heterocycles. The van der Waals surface area contributed by atoms with Crippen LogP contribution in [0.3, 0.4) is 0 Å². The predicted octanol–water partition coefficient (Wildman–Crippen LogP) is 4.63. The maximum atomic E-state index is 9.06. The molecule has 0 radical (unpaired) electrons. The summed E-state index contributed by atoms with van der Waals surface area (Å²) in [6.07, 6.45) is 2.00. The van der Waals surface area contributed by atoms with Crippen LogP contribution < -0.4 is 0 Å². The van der Waals surface area contributed by atoms with Crippen LogP contribution in [0.15, 0.2) is 41.0 Å². The van der Waals surface area contributed by atoms with Gasteiger partial charge in [0.1, 0.15) is 0 Å². The van der Waals surface area contributed by atoms with Crippen LogP contribution in [0, 0.1) is 18.3 Å². The lowest BCUT2D eigenvalue weighted by Gasteiger charge is -2.18. The summed E-state index contributed by atoms with van der Waals surface area (Å²) in [6.45, 7) is 4.95. The van der Waals surface area contributed by atoms with Crippen LogP contribution in [0.5, 0.6) is 0 Å². The van der Waals surface area contributed by atoms with Crippen molar-refractivity contribution in [2.24, 2.45) is 0 Å². The van der Waals surface area contributed by atoms with Crippen LogP contribution in [0.1, 0.15) is 27.8 Å². The van der Waals surface area contributed by atoms with Crippen molar-refractivity contribution in [3.63, 3.8) is 0 Å². The number of nitrogens with zero attached hydrogens (tertiary/aromatic N) is 2. The summed E-state index contributed by atoms with van der Waals surface area (Å²) in [5.74, 6) is 0. The van der Waals surface area contributed by atoms with Crippen molar-refractivity contribution in [3.05, 3.63) is 68.8 Å². The Balaban J connectivity index is 1.66. The number of benzene rings is 2. The summed E-state index contributed by atoms with van der Waals surface area (Å²) in [6, 6.07) is 12.6. The highest BCUT2D eigenvalue weighted by Crippen LogP contribution is 2.32. The Kier molecular flexibility index (Phi) is 3.48. The van der Waals surface area contributed by atoms with Gasteiger partial charge in [-0.05, 0) is 69.4 Å². The normalized spacial score (nSPS) is 14.1. The first-order chi connectivity index (χ1) is 11.2. The van der Waals surface area contributed by atoms with Crippen LogP contribution in [-0.4, -0.2) is 9.88 Å². The van der Waals surface area contributed by atoms with E-state index in [1.165, 1.54) is 27.6 Å². The molecule has 4 rings (SSSR count). The molecule has 0 unspecified atom stereocenters. The molecular formula is C19H16BrN3. The molecule has 3 aromatic rings. The van der Waals surface area contributed by atoms with Gasteiger partial charge in [-0.1, -0.05) is 6.07 Å². The first-order valence-electron chi connectivity index (χ1n) is 7.65. The molecule has 4 heteroatoms. The maximum absolute atomic E-state index is 9.06. The Morgan fingerprint density at radius 3 is 2.87 bits per heavy atom. The number of aromatic amines is 1. The molecule has 0 aliphatic carbocycles. The second kappa shape index (κ2) is 5.52. The van der Waals surface area contributed by atoms with Crippen molar-refractivity contribution in [1.29, 1.82) is 5.26 Å². The van der Waals surface area contributed by atoms with E-state index in [-0.39, 0.29) is 0 Å². The van der Waals surface area contributed by atoms with Gasteiger partial charge in [0.05, 0.1) is 17.1 Å². The van der Waals surface area contributed by atoms with E-state index in [2.05, 4.69) is 57.0 Å². The van der Waals surface area contributed by atoms with E-state index in [1.807, 2.05) is 18.3 Å². The van der Waals surface area contributed by atoms with Gasteiger partial charge in [-0.25, -0.2) is 0 Å². The van der Waals surface area contributed by atoms with Crippen LogP contribution >= 0.6 is 15.9 Å². The maximum Gasteiger partial charge on any atom is 0.0991 e. The van der Waals surface area contributed by atoms with E-state index in [0.29, 0.717) is 0 Å². The van der Waals surface area contributed by atoms with Crippen LogP contribution in [0.2, 0.25) is 0 Å². The Hall–Kier alpha value is -2.09. The first kappa shape index (κ1) is 14.5. The van der Waals surface area contributed by atoms with E-state index in [9.17, 15) is 0 Å². The zero-order valence-corrected chi connectivity index (χ0v) is 14.4. The molecule has 2 heterocycles. The predicted molar refractivity (Wildman–Crippen MR) is 94.8 cm³/mol. The van der Waals surface area contributed by atoms with Crippen molar-refractivity contribution in [3.8, 4) is 6.07 Å². The zero-order chi connectivity index (χ0) is 16.0. The molecule has 0 atom stereocenters. The first-order valence-corrected chi connectivity index (χ1v) is 8.44. The van der Waals surface area contributed by atoms with Gasteiger partial charge in [0.2, 0.25) is 0 Å². The number of hydrogen-bond donors (Lipinski definition) is 1. The van der Waals surface area contributed by atoms with Crippen molar-refractivity contribution >= 4 is 26.8 Å². The molecular weight excluding hydrogens is 350 g/mol.